The first kappa shape index (κ1) is 13.8. The first-order valence-electron chi connectivity index (χ1n) is 6.20. The number of aliphatic hydroxyl groups excluding tert-OH is 1. The lowest BCUT2D eigenvalue weighted by Gasteiger charge is -2.01. The summed E-state index contributed by atoms with van der Waals surface area (Å²) in [6, 6.07) is 1.80. The highest BCUT2D eigenvalue weighted by Gasteiger charge is 2.10. The molecule has 2 aromatic heterocycles. The number of aryl methyl sites for hydroxylation is 1. The van der Waals surface area contributed by atoms with Crippen molar-refractivity contribution in [2.45, 2.75) is 19.8 Å². The summed E-state index contributed by atoms with van der Waals surface area (Å²) in [6.07, 6.45) is 3.27. The number of thiazole rings is 1. The molecular weight excluding hydrogens is 262 g/mol. The summed E-state index contributed by atoms with van der Waals surface area (Å²) >= 11 is 1.59. The topological polar surface area (TPSA) is 78.0 Å². The Morgan fingerprint density at radius 3 is 3.05 bits per heavy atom. The Morgan fingerprint density at radius 1 is 1.53 bits per heavy atom. The summed E-state index contributed by atoms with van der Waals surface area (Å²) in [4.78, 5) is 19.2. The number of aromatic amines is 1. The third-order valence-corrected chi connectivity index (χ3v) is 3.49. The van der Waals surface area contributed by atoms with Crippen molar-refractivity contribution in [3.63, 3.8) is 0 Å². The number of carbonyl (C=O) groups is 1. The van der Waals surface area contributed by atoms with Crippen LogP contribution in [0.5, 0.6) is 0 Å². The van der Waals surface area contributed by atoms with Crippen LogP contribution in [0.1, 0.15) is 28.3 Å². The maximum atomic E-state index is 11.8. The minimum Gasteiger partial charge on any atom is -0.396 e. The van der Waals surface area contributed by atoms with Gasteiger partial charge in [-0.25, -0.2) is 4.98 Å². The van der Waals surface area contributed by atoms with Gasteiger partial charge in [0.1, 0.15) is 5.69 Å². The van der Waals surface area contributed by atoms with Crippen LogP contribution in [-0.2, 0) is 0 Å². The second kappa shape index (κ2) is 6.49. The average Bonchev–Trinajstić information content (AvgIpc) is 3.02. The Morgan fingerprint density at radius 2 is 2.37 bits per heavy atom. The lowest BCUT2D eigenvalue weighted by atomic mass is 10.2. The van der Waals surface area contributed by atoms with Gasteiger partial charge in [-0.05, 0) is 25.8 Å². The molecule has 0 aliphatic heterocycles. The van der Waals surface area contributed by atoms with Gasteiger partial charge in [0.15, 0.2) is 0 Å². The van der Waals surface area contributed by atoms with Crippen LogP contribution in [0.4, 0.5) is 0 Å². The number of rotatable bonds is 6. The third-order valence-electron chi connectivity index (χ3n) is 2.71. The average molecular weight is 279 g/mol. The minimum absolute atomic E-state index is 0.129. The molecule has 2 rings (SSSR count). The summed E-state index contributed by atoms with van der Waals surface area (Å²) in [5.41, 5.74) is 2.34. The number of nitrogens with zero attached hydrogens (tertiary/aromatic N) is 1. The highest BCUT2D eigenvalue weighted by Crippen LogP contribution is 2.22. The number of amides is 1. The lowest BCUT2D eigenvalue weighted by molar-refractivity contribution is 0.0947. The number of unbranched alkanes of at least 4 members (excludes halogenated alkanes) is 1. The molecule has 0 saturated carbocycles. The SMILES string of the molecule is Cc1nc(-c2c[nH]c(C(=O)NCCCCO)c2)cs1. The van der Waals surface area contributed by atoms with Gasteiger partial charge in [-0.2, -0.15) is 0 Å². The monoisotopic (exact) mass is 279 g/mol. The third kappa shape index (κ3) is 3.65. The molecule has 6 heteroatoms. The van der Waals surface area contributed by atoms with Gasteiger partial charge in [0, 0.05) is 30.3 Å². The smallest absolute Gasteiger partial charge is 0.267 e. The van der Waals surface area contributed by atoms with Gasteiger partial charge in [-0.15, -0.1) is 11.3 Å². The summed E-state index contributed by atoms with van der Waals surface area (Å²) in [6.45, 7) is 2.69. The van der Waals surface area contributed by atoms with Crippen LogP contribution in [-0.4, -0.2) is 34.1 Å². The molecule has 102 valence electrons. The molecule has 0 radical (unpaired) electrons. The van der Waals surface area contributed by atoms with E-state index >= 15 is 0 Å². The van der Waals surface area contributed by atoms with E-state index in [9.17, 15) is 4.79 Å². The molecule has 0 aromatic carbocycles. The van der Waals surface area contributed by atoms with Crippen molar-refractivity contribution in [3.8, 4) is 11.3 Å². The molecule has 0 aliphatic rings. The van der Waals surface area contributed by atoms with E-state index in [4.69, 9.17) is 5.11 Å². The maximum absolute atomic E-state index is 11.8. The molecular formula is C13H17N3O2S. The molecule has 1 amide bonds. The molecule has 5 nitrogen and oxygen atoms in total. The number of carbonyl (C=O) groups excluding carboxylic acids is 1. The van der Waals surface area contributed by atoms with Crippen LogP contribution in [0.3, 0.4) is 0 Å². The van der Waals surface area contributed by atoms with Gasteiger partial charge < -0.3 is 15.4 Å². The fraction of sp³-hybridized carbons (Fsp3) is 0.385. The van der Waals surface area contributed by atoms with Crippen molar-refractivity contribution in [3.05, 3.63) is 28.3 Å². The molecule has 0 bridgehead atoms. The number of hydrogen-bond acceptors (Lipinski definition) is 4. The molecule has 2 heterocycles. The van der Waals surface area contributed by atoms with Gasteiger partial charge in [0.25, 0.3) is 5.91 Å². The Bertz CT molecular complexity index is 548. The number of aromatic nitrogens is 2. The van der Waals surface area contributed by atoms with E-state index in [2.05, 4.69) is 15.3 Å². The lowest BCUT2D eigenvalue weighted by Crippen LogP contribution is -2.24. The normalized spacial score (nSPS) is 10.6. The van der Waals surface area contributed by atoms with Gasteiger partial charge in [-0.1, -0.05) is 0 Å². The van der Waals surface area contributed by atoms with Crippen molar-refractivity contribution in [2.24, 2.45) is 0 Å². The van der Waals surface area contributed by atoms with Crippen LogP contribution in [0.2, 0.25) is 0 Å². The molecule has 0 fully saturated rings. The molecule has 0 atom stereocenters. The van der Waals surface area contributed by atoms with Crippen LogP contribution in [0, 0.1) is 6.92 Å². The number of aliphatic hydroxyl groups is 1. The standard InChI is InChI=1S/C13H17N3O2S/c1-9-16-12(8-19-9)10-6-11(15-7-10)13(18)14-4-2-3-5-17/h6-8,15,17H,2-5H2,1H3,(H,14,18). The Balaban J connectivity index is 1.95. The molecule has 2 aromatic rings. The van der Waals surface area contributed by atoms with Gasteiger partial charge in [-0.3, -0.25) is 4.79 Å². The Labute approximate surface area is 115 Å². The van der Waals surface area contributed by atoms with E-state index in [0.29, 0.717) is 18.7 Å². The number of hydrogen-bond donors (Lipinski definition) is 3. The Kier molecular flexibility index (Phi) is 4.70. The molecule has 0 aliphatic carbocycles. The second-order valence-electron chi connectivity index (χ2n) is 4.24. The van der Waals surface area contributed by atoms with Gasteiger partial charge in [0.2, 0.25) is 0 Å². The largest absolute Gasteiger partial charge is 0.396 e. The van der Waals surface area contributed by atoms with Crippen LogP contribution < -0.4 is 5.32 Å². The van der Waals surface area contributed by atoms with Crippen LogP contribution >= 0.6 is 11.3 Å². The summed E-state index contributed by atoms with van der Waals surface area (Å²) in [7, 11) is 0. The van der Waals surface area contributed by atoms with E-state index in [0.717, 1.165) is 22.7 Å². The summed E-state index contributed by atoms with van der Waals surface area (Å²) < 4.78 is 0. The predicted molar refractivity (Wildman–Crippen MR) is 75.3 cm³/mol. The highest BCUT2D eigenvalue weighted by molar-refractivity contribution is 7.09. The minimum atomic E-state index is -0.129. The maximum Gasteiger partial charge on any atom is 0.267 e. The van der Waals surface area contributed by atoms with Crippen molar-refractivity contribution >= 4 is 17.2 Å². The van der Waals surface area contributed by atoms with Crippen LogP contribution in [0.15, 0.2) is 17.6 Å². The fourth-order valence-electron chi connectivity index (χ4n) is 1.70. The molecule has 0 unspecified atom stereocenters. The molecule has 3 N–H and O–H groups in total. The van der Waals surface area contributed by atoms with Crippen molar-refractivity contribution < 1.29 is 9.90 Å². The van der Waals surface area contributed by atoms with E-state index < -0.39 is 0 Å². The van der Waals surface area contributed by atoms with Crippen molar-refractivity contribution in [2.75, 3.05) is 13.2 Å². The van der Waals surface area contributed by atoms with Crippen LogP contribution in [0.25, 0.3) is 11.3 Å². The van der Waals surface area contributed by atoms with Gasteiger partial charge >= 0.3 is 0 Å². The first-order chi connectivity index (χ1) is 9.20. The second-order valence-corrected chi connectivity index (χ2v) is 5.30. The quantitative estimate of drug-likeness (QED) is 0.707. The number of H-pyrrole nitrogens is 1. The van der Waals surface area contributed by atoms with Crippen molar-refractivity contribution in [1.29, 1.82) is 0 Å². The van der Waals surface area contributed by atoms with E-state index in [-0.39, 0.29) is 12.5 Å². The zero-order valence-electron chi connectivity index (χ0n) is 10.8. The first-order valence-corrected chi connectivity index (χ1v) is 7.08. The number of nitrogens with one attached hydrogen (secondary N) is 2. The molecule has 0 saturated heterocycles. The van der Waals surface area contributed by atoms with Crippen molar-refractivity contribution in [1.82, 2.24) is 15.3 Å². The predicted octanol–water partition coefficient (Wildman–Crippen LogP) is 1.95. The highest BCUT2D eigenvalue weighted by atomic mass is 32.1. The van der Waals surface area contributed by atoms with Gasteiger partial charge in [0.05, 0.1) is 10.7 Å². The zero-order valence-corrected chi connectivity index (χ0v) is 11.6. The zero-order chi connectivity index (χ0) is 13.7. The fourth-order valence-corrected chi connectivity index (χ4v) is 2.33. The summed E-state index contributed by atoms with van der Waals surface area (Å²) in [5, 5.41) is 14.4. The molecule has 19 heavy (non-hydrogen) atoms. The van der Waals surface area contributed by atoms with E-state index in [1.54, 1.807) is 23.6 Å². The molecule has 0 spiro atoms. The van der Waals surface area contributed by atoms with E-state index in [1.165, 1.54) is 0 Å². The Hall–Kier alpha value is -1.66. The summed E-state index contributed by atoms with van der Waals surface area (Å²) in [5.74, 6) is -0.129. The van der Waals surface area contributed by atoms with E-state index in [1.807, 2.05) is 12.3 Å².